The fraction of sp³-hybridized carbons (Fsp3) is 0. The fourth-order valence-electron chi connectivity index (χ4n) is 4.60. The van der Waals surface area contributed by atoms with E-state index in [1.54, 1.807) is 0 Å². The Morgan fingerprint density at radius 3 is 2.20 bits per heavy atom. The molecule has 0 aliphatic carbocycles. The SMILES string of the molecule is c1ccc(-c2nc(-c3cccc(-c4nc5ccccc5o4)c3)nc3c2ccc2ccccc23)cc1. The maximum absolute atomic E-state index is 6.01. The van der Waals surface area contributed by atoms with E-state index < -0.39 is 0 Å². The van der Waals surface area contributed by atoms with Crippen molar-refractivity contribution in [2.45, 2.75) is 0 Å². The van der Waals surface area contributed by atoms with Crippen LogP contribution < -0.4 is 0 Å². The molecular formula is C31H19N3O. The molecule has 0 fully saturated rings. The Labute approximate surface area is 201 Å². The molecule has 0 unspecified atom stereocenters. The van der Waals surface area contributed by atoms with E-state index in [0.29, 0.717) is 11.7 Å². The Bertz CT molecular complexity index is 1820. The molecule has 2 aromatic heterocycles. The van der Waals surface area contributed by atoms with Gasteiger partial charge in [-0.15, -0.1) is 0 Å². The second kappa shape index (κ2) is 7.89. The molecule has 0 saturated heterocycles. The summed E-state index contributed by atoms with van der Waals surface area (Å²) in [6.07, 6.45) is 0. The molecule has 2 heterocycles. The molecular weight excluding hydrogens is 430 g/mol. The molecule has 0 amide bonds. The molecule has 0 saturated carbocycles. The zero-order chi connectivity index (χ0) is 23.2. The van der Waals surface area contributed by atoms with E-state index in [9.17, 15) is 0 Å². The molecule has 5 aromatic carbocycles. The van der Waals surface area contributed by atoms with Gasteiger partial charge >= 0.3 is 0 Å². The Kier molecular flexibility index (Phi) is 4.42. The van der Waals surface area contributed by atoms with Crippen molar-refractivity contribution in [3.63, 3.8) is 0 Å². The van der Waals surface area contributed by atoms with Crippen LogP contribution in [0.15, 0.2) is 120 Å². The predicted octanol–water partition coefficient (Wildman–Crippen LogP) is 7.93. The molecule has 0 aliphatic heterocycles. The highest BCUT2D eigenvalue weighted by molar-refractivity contribution is 6.09. The Hall–Kier alpha value is -4.83. The van der Waals surface area contributed by atoms with Gasteiger partial charge in [0.1, 0.15) is 5.52 Å². The summed E-state index contributed by atoms with van der Waals surface area (Å²) in [6.45, 7) is 0. The molecule has 0 aliphatic rings. The number of para-hydroxylation sites is 2. The van der Waals surface area contributed by atoms with Gasteiger partial charge in [0.25, 0.3) is 0 Å². The van der Waals surface area contributed by atoms with Crippen LogP contribution in [0.5, 0.6) is 0 Å². The van der Waals surface area contributed by atoms with Crippen LogP contribution in [0.4, 0.5) is 0 Å². The van der Waals surface area contributed by atoms with Crippen molar-refractivity contribution in [3.05, 3.63) is 115 Å². The van der Waals surface area contributed by atoms with Crippen molar-refractivity contribution < 1.29 is 4.42 Å². The van der Waals surface area contributed by atoms with Gasteiger partial charge in [0.2, 0.25) is 5.89 Å². The Morgan fingerprint density at radius 2 is 1.29 bits per heavy atom. The summed E-state index contributed by atoms with van der Waals surface area (Å²) in [7, 11) is 0. The summed E-state index contributed by atoms with van der Waals surface area (Å²) < 4.78 is 6.01. The lowest BCUT2D eigenvalue weighted by molar-refractivity contribution is 0.620. The van der Waals surface area contributed by atoms with E-state index in [2.05, 4.69) is 53.5 Å². The minimum absolute atomic E-state index is 0.586. The quantitative estimate of drug-likeness (QED) is 0.257. The lowest BCUT2D eigenvalue weighted by Gasteiger charge is -2.12. The first-order chi connectivity index (χ1) is 17.3. The molecule has 7 rings (SSSR count). The third-order valence-electron chi connectivity index (χ3n) is 6.30. The van der Waals surface area contributed by atoms with E-state index in [1.807, 2.05) is 66.7 Å². The second-order valence-electron chi connectivity index (χ2n) is 8.51. The molecule has 4 nitrogen and oxygen atoms in total. The van der Waals surface area contributed by atoms with Gasteiger partial charge in [-0.2, -0.15) is 0 Å². The summed E-state index contributed by atoms with van der Waals surface area (Å²) in [5.74, 6) is 1.26. The lowest BCUT2D eigenvalue weighted by Crippen LogP contribution is -1.96. The Morgan fingerprint density at radius 1 is 0.514 bits per heavy atom. The van der Waals surface area contributed by atoms with Crippen LogP contribution in [0.3, 0.4) is 0 Å². The molecule has 0 bridgehead atoms. The monoisotopic (exact) mass is 449 g/mol. The van der Waals surface area contributed by atoms with E-state index in [4.69, 9.17) is 14.4 Å². The summed E-state index contributed by atoms with van der Waals surface area (Å²) in [4.78, 5) is 14.8. The van der Waals surface area contributed by atoms with E-state index >= 15 is 0 Å². The molecule has 164 valence electrons. The van der Waals surface area contributed by atoms with Gasteiger partial charge in [-0.05, 0) is 35.7 Å². The molecule has 7 aromatic rings. The van der Waals surface area contributed by atoms with Crippen molar-refractivity contribution in [2.75, 3.05) is 0 Å². The minimum atomic E-state index is 0.586. The molecule has 0 atom stereocenters. The van der Waals surface area contributed by atoms with Gasteiger partial charge in [0.15, 0.2) is 11.4 Å². The van der Waals surface area contributed by atoms with Gasteiger partial charge in [-0.3, -0.25) is 0 Å². The summed E-state index contributed by atoms with van der Waals surface area (Å²) in [6, 6.07) is 38.8. The third kappa shape index (κ3) is 3.35. The van der Waals surface area contributed by atoms with Crippen molar-refractivity contribution >= 4 is 32.8 Å². The fourth-order valence-corrected chi connectivity index (χ4v) is 4.60. The van der Waals surface area contributed by atoms with Crippen LogP contribution in [0.2, 0.25) is 0 Å². The molecule has 4 heteroatoms. The zero-order valence-electron chi connectivity index (χ0n) is 18.7. The maximum Gasteiger partial charge on any atom is 0.227 e. The van der Waals surface area contributed by atoms with Gasteiger partial charge in [0.05, 0.1) is 11.2 Å². The smallest absolute Gasteiger partial charge is 0.227 e. The maximum atomic E-state index is 6.01. The average molecular weight is 450 g/mol. The topological polar surface area (TPSA) is 51.8 Å². The van der Waals surface area contributed by atoms with Crippen LogP contribution in [0.1, 0.15) is 0 Å². The first-order valence-corrected chi connectivity index (χ1v) is 11.5. The zero-order valence-corrected chi connectivity index (χ0v) is 18.7. The highest BCUT2D eigenvalue weighted by atomic mass is 16.3. The van der Waals surface area contributed by atoms with Crippen molar-refractivity contribution in [1.29, 1.82) is 0 Å². The molecule has 0 spiro atoms. The van der Waals surface area contributed by atoms with Crippen molar-refractivity contribution in [1.82, 2.24) is 15.0 Å². The van der Waals surface area contributed by atoms with Gasteiger partial charge in [0, 0.05) is 27.5 Å². The number of fused-ring (bicyclic) bond motifs is 4. The van der Waals surface area contributed by atoms with Gasteiger partial charge in [-0.25, -0.2) is 15.0 Å². The number of aromatic nitrogens is 3. The van der Waals surface area contributed by atoms with Crippen LogP contribution in [0, 0.1) is 0 Å². The lowest BCUT2D eigenvalue weighted by atomic mass is 10.0. The largest absolute Gasteiger partial charge is 0.436 e. The van der Waals surface area contributed by atoms with Crippen LogP contribution >= 0.6 is 0 Å². The van der Waals surface area contributed by atoms with Crippen molar-refractivity contribution in [2.24, 2.45) is 0 Å². The standard InChI is InChI=1S/C31H19N3O/c1-2-10-21(11-3-1)28-25-18-17-20-9-4-5-14-24(20)29(25)34-30(33-28)22-12-8-13-23(19-22)31-32-26-15-6-7-16-27(26)35-31/h1-19H. The number of nitrogens with zero attached hydrogens (tertiary/aromatic N) is 3. The number of rotatable bonds is 3. The van der Waals surface area contributed by atoms with E-state index in [0.717, 1.165) is 55.2 Å². The highest BCUT2D eigenvalue weighted by Crippen LogP contribution is 2.34. The first-order valence-electron chi connectivity index (χ1n) is 11.5. The molecule has 0 radical (unpaired) electrons. The first kappa shape index (κ1) is 19.6. The predicted molar refractivity (Wildman–Crippen MR) is 141 cm³/mol. The van der Waals surface area contributed by atoms with Crippen LogP contribution in [0.25, 0.3) is 66.9 Å². The average Bonchev–Trinajstić information content (AvgIpc) is 3.37. The number of benzene rings is 5. The minimum Gasteiger partial charge on any atom is -0.436 e. The van der Waals surface area contributed by atoms with Gasteiger partial charge in [-0.1, -0.05) is 84.9 Å². The second-order valence-corrected chi connectivity index (χ2v) is 8.51. The summed E-state index contributed by atoms with van der Waals surface area (Å²) in [5.41, 5.74) is 6.34. The van der Waals surface area contributed by atoms with Gasteiger partial charge < -0.3 is 4.42 Å². The van der Waals surface area contributed by atoms with E-state index in [-0.39, 0.29) is 0 Å². The Balaban J connectivity index is 1.47. The number of hydrogen-bond acceptors (Lipinski definition) is 4. The highest BCUT2D eigenvalue weighted by Gasteiger charge is 2.15. The van der Waals surface area contributed by atoms with Crippen LogP contribution in [-0.4, -0.2) is 15.0 Å². The normalized spacial score (nSPS) is 11.4. The number of oxazole rings is 1. The van der Waals surface area contributed by atoms with Crippen molar-refractivity contribution in [3.8, 4) is 34.1 Å². The molecule has 0 N–H and O–H groups in total. The number of hydrogen-bond donors (Lipinski definition) is 0. The molecule has 35 heavy (non-hydrogen) atoms. The van der Waals surface area contributed by atoms with E-state index in [1.165, 1.54) is 0 Å². The third-order valence-corrected chi connectivity index (χ3v) is 6.30. The summed E-state index contributed by atoms with van der Waals surface area (Å²) >= 11 is 0. The van der Waals surface area contributed by atoms with Crippen LogP contribution in [-0.2, 0) is 0 Å². The summed E-state index contributed by atoms with van der Waals surface area (Å²) in [5, 5.41) is 3.30.